The molecule has 0 saturated heterocycles. The second-order valence-corrected chi connectivity index (χ2v) is 2.91. The van der Waals surface area contributed by atoms with Crippen LogP contribution in [0.15, 0.2) is 23.8 Å². The molecule has 0 fully saturated rings. The number of hydrogen-bond acceptors (Lipinski definition) is 2. The van der Waals surface area contributed by atoms with Gasteiger partial charge >= 0.3 is 0 Å². The highest BCUT2D eigenvalue weighted by molar-refractivity contribution is 8.02. The van der Waals surface area contributed by atoms with Crippen molar-refractivity contribution in [3.8, 4) is 0 Å². The lowest BCUT2D eigenvalue weighted by atomic mass is 10.5. The minimum atomic E-state index is 0.531. The van der Waals surface area contributed by atoms with Gasteiger partial charge in [-0.1, -0.05) is 6.58 Å². The fourth-order valence-corrected chi connectivity index (χ4v) is 1.30. The zero-order valence-corrected chi connectivity index (χ0v) is 5.66. The van der Waals surface area contributed by atoms with Gasteiger partial charge in [0.1, 0.15) is 0 Å². The van der Waals surface area contributed by atoms with Gasteiger partial charge in [0.05, 0.1) is 5.37 Å². The van der Waals surface area contributed by atoms with Gasteiger partial charge in [-0.2, -0.15) is 0 Å². The molecule has 0 aromatic carbocycles. The summed E-state index contributed by atoms with van der Waals surface area (Å²) in [5.41, 5.74) is 1.14. The quantitative estimate of drug-likeness (QED) is 0.575. The summed E-state index contributed by atoms with van der Waals surface area (Å²) in [6.07, 6.45) is 1.83. The monoisotopic (exact) mass is 127 g/mol. The average Bonchev–Trinajstić information content (AvgIpc) is 2.14. The summed E-state index contributed by atoms with van der Waals surface area (Å²) in [5.74, 6) is 0. The highest BCUT2D eigenvalue weighted by Crippen LogP contribution is 2.19. The molecule has 44 valence electrons. The van der Waals surface area contributed by atoms with Crippen molar-refractivity contribution in [3.05, 3.63) is 23.8 Å². The lowest BCUT2D eigenvalue weighted by molar-refractivity contribution is 0.842. The fraction of sp³-hybridized carbons (Fsp3) is 0.333. The Morgan fingerprint density at radius 1 is 2.00 bits per heavy atom. The SMILES string of the molecule is C=CC1=CSC(C)N1. The van der Waals surface area contributed by atoms with Gasteiger partial charge in [0.25, 0.3) is 0 Å². The molecule has 1 aliphatic rings. The van der Waals surface area contributed by atoms with E-state index in [0.29, 0.717) is 5.37 Å². The van der Waals surface area contributed by atoms with Gasteiger partial charge < -0.3 is 5.32 Å². The van der Waals surface area contributed by atoms with E-state index in [1.165, 1.54) is 0 Å². The first-order valence-electron chi connectivity index (χ1n) is 2.57. The Bertz CT molecular complexity index is 128. The van der Waals surface area contributed by atoms with Gasteiger partial charge in [0.2, 0.25) is 0 Å². The molecule has 1 aliphatic heterocycles. The average molecular weight is 127 g/mol. The zero-order chi connectivity index (χ0) is 5.98. The first-order valence-corrected chi connectivity index (χ1v) is 3.52. The Balaban J connectivity index is 2.49. The Hall–Kier alpha value is -0.370. The molecular weight excluding hydrogens is 118 g/mol. The van der Waals surface area contributed by atoms with Gasteiger partial charge in [-0.05, 0) is 18.4 Å². The lowest BCUT2D eigenvalue weighted by Crippen LogP contribution is -2.14. The van der Waals surface area contributed by atoms with Gasteiger partial charge in [-0.3, -0.25) is 0 Å². The Labute approximate surface area is 53.9 Å². The van der Waals surface area contributed by atoms with Crippen LogP contribution in [-0.2, 0) is 0 Å². The maximum absolute atomic E-state index is 3.63. The molecule has 0 saturated carbocycles. The highest BCUT2D eigenvalue weighted by atomic mass is 32.2. The minimum absolute atomic E-state index is 0.531. The van der Waals surface area contributed by atoms with Gasteiger partial charge in [0, 0.05) is 5.70 Å². The summed E-state index contributed by atoms with van der Waals surface area (Å²) < 4.78 is 0. The Morgan fingerprint density at radius 3 is 3.00 bits per heavy atom. The Kier molecular flexibility index (Phi) is 1.63. The number of nitrogens with one attached hydrogen (secondary N) is 1. The molecule has 8 heavy (non-hydrogen) atoms. The summed E-state index contributed by atoms with van der Waals surface area (Å²) >= 11 is 1.79. The van der Waals surface area contributed by atoms with Crippen LogP contribution in [0.2, 0.25) is 0 Å². The number of thioether (sulfide) groups is 1. The maximum atomic E-state index is 3.63. The van der Waals surface area contributed by atoms with Crippen LogP contribution in [0.1, 0.15) is 6.92 Å². The highest BCUT2D eigenvalue weighted by Gasteiger charge is 2.06. The van der Waals surface area contributed by atoms with Crippen LogP contribution < -0.4 is 5.32 Å². The van der Waals surface area contributed by atoms with E-state index in [-0.39, 0.29) is 0 Å². The predicted octanol–water partition coefficient (Wildman–Crippen LogP) is 1.70. The molecule has 0 aromatic heterocycles. The van der Waals surface area contributed by atoms with Crippen molar-refractivity contribution in [1.29, 1.82) is 0 Å². The van der Waals surface area contributed by atoms with E-state index in [1.54, 1.807) is 11.8 Å². The largest absolute Gasteiger partial charge is 0.373 e. The molecule has 1 N–H and O–H groups in total. The van der Waals surface area contributed by atoms with Crippen LogP contribution in [0.4, 0.5) is 0 Å². The first kappa shape index (κ1) is 5.76. The second-order valence-electron chi connectivity index (χ2n) is 1.70. The van der Waals surface area contributed by atoms with Crippen LogP contribution in [0.25, 0.3) is 0 Å². The molecule has 0 aromatic rings. The van der Waals surface area contributed by atoms with Crippen molar-refractivity contribution in [3.63, 3.8) is 0 Å². The van der Waals surface area contributed by atoms with Crippen molar-refractivity contribution in [2.24, 2.45) is 0 Å². The standard InChI is InChI=1S/C6H9NS/c1-3-6-4-8-5(2)7-6/h3-5,7H,1H2,2H3. The van der Waals surface area contributed by atoms with E-state index in [0.717, 1.165) is 5.70 Å². The zero-order valence-electron chi connectivity index (χ0n) is 4.85. The van der Waals surface area contributed by atoms with Crippen molar-refractivity contribution in [2.45, 2.75) is 12.3 Å². The third kappa shape index (κ3) is 1.07. The van der Waals surface area contributed by atoms with Crippen molar-refractivity contribution < 1.29 is 0 Å². The molecule has 1 heterocycles. The van der Waals surface area contributed by atoms with Gasteiger partial charge in [0.15, 0.2) is 0 Å². The normalized spacial score (nSPS) is 26.6. The summed E-state index contributed by atoms with van der Waals surface area (Å²) in [6, 6.07) is 0. The maximum Gasteiger partial charge on any atom is 0.0735 e. The summed E-state index contributed by atoms with van der Waals surface area (Å²) in [4.78, 5) is 0. The smallest absolute Gasteiger partial charge is 0.0735 e. The molecule has 1 unspecified atom stereocenters. The molecule has 0 aliphatic carbocycles. The van der Waals surface area contributed by atoms with Crippen LogP contribution in [0.5, 0.6) is 0 Å². The van der Waals surface area contributed by atoms with Gasteiger partial charge in [-0.15, -0.1) is 11.8 Å². The summed E-state index contributed by atoms with van der Waals surface area (Å²) in [5, 5.41) is 5.82. The van der Waals surface area contributed by atoms with E-state index in [2.05, 4.69) is 24.2 Å². The van der Waals surface area contributed by atoms with E-state index >= 15 is 0 Å². The van der Waals surface area contributed by atoms with Gasteiger partial charge in [-0.25, -0.2) is 0 Å². The Morgan fingerprint density at radius 2 is 2.75 bits per heavy atom. The molecule has 0 bridgehead atoms. The van der Waals surface area contributed by atoms with Crippen LogP contribution in [-0.4, -0.2) is 5.37 Å². The number of hydrogen-bond donors (Lipinski definition) is 1. The molecule has 0 amide bonds. The van der Waals surface area contributed by atoms with Crippen molar-refractivity contribution in [1.82, 2.24) is 5.32 Å². The summed E-state index contributed by atoms with van der Waals surface area (Å²) in [7, 11) is 0. The molecule has 2 heteroatoms. The molecule has 0 spiro atoms. The molecule has 1 rings (SSSR count). The van der Waals surface area contributed by atoms with Crippen LogP contribution >= 0.6 is 11.8 Å². The topological polar surface area (TPSA) is 12.0 Å². The molecule has 1 nitrogen and oxygen atoms in total. The van der Waals surface area contributed by atoms with E-state index in [4.69, 9.17) is 0 Å². The first-order chi connectivity index (χ1) is 3.83. The van der Waals surface area contributed by atoms with E-state index < -0.39 is 0 Å². The van der Waals surface area contributed by atoms with Crippen molar-refractivity contribution >= 4 is 11.8 Å². The minimum Gasteiger partial charge on any atom is -0.373 e. The fourth-order valence-electron chi connectivity index (χ4n) is 0.585. The molecule has 1 atom stereocenters. The third-order valence-electron chi connectivity index (χ3n) is 0.989. The van der Waals surface area contributed by atoms with Crippen molar-refractivity contribution in [2.75, 3.05) is 0 Å². The number of allylic oxidation sites excluding steroid dienone is 1. The second kappa shape index (κ2) is 2.27. The predicted molar refractivity (Wildman–Crippen MR) is 38.5 cm³/mol. The molecule has 0 radical (unpaired) electrons. The summed E-state index contributed by atoms with van der Waals surface area (Å²) in [6.45, 7) is 5.76. The van der Waals surface area contributed by atoms with Crippen LogP contribution in [0.3, 0.4) is 0 Å². The lowest BCUT2D eigenvalue weighted by Gasteiger charge is -2.01. The van der Waals surface area contributed by atoms with Crippen LogP contribution in [0, 0.1) is 0 Å². The third-order valence-corrected chi connectivity index (χ3v) is 1.91. The van der Waals surface area contributed by atoms with E-state index in [1.807, 2.05) is 6.08 Å². The molecular formula is C6H9NS. The number of rotatable bonds is 1. The van der Waals surface area contributed by atoms with E-state index in [9.17, 15) is 0 Å².